The van der Waals surface area contributed by atoms with Crippen LogP contribution in [0.15, 0.2) is 66.7 Å². The summed E-state index contributed by atoms with van der Waals surface area (Å²) >= 11 is 7.13. The number of aromatic nitrogens is 2. The van der Waals surface area contributed by atoms with E-state index in [1.54, 1.807) is 31.2 Å². The maximum atomic E-state index is 14.8. The maximum absolute atomic E-state index is 14.8. The zero-order valence-corrected chi connectivity index (χ0v) is 23.5. The number of benzene rings is 3. The minimum atomic E-state index is -1.33. The van der Waals surface area contributed by atoms with E-state index >= 15 is 0 Å². The smallest absolute Gasteiger partial charge is 0.346 e. The third kappa shape index (κ3) is 4.64. The van der Waals surface area contributed by atoms with Crippen LogP contribution in [0.25, 0.3) is 21.5 Å². The molecule has 4 heterocycles. The van der Waals surface area contributed by atoms with Gasteiger partial charge in [-0.3, -0.25) is 0 Å². The van der Waals surface area contributed by atoms with Crippen LogP contribution in [0.3, 0.4) is 0 Å². The van der Waals surface area contributed by atoms with Gasteiger partial charge in [0.1, 0.15) is 21.3 Å². The van der Waals surface area contributed by atoms with Crippen LogP contribution in [0.1, 0.15) is 40.0 Å². The molecule has 0 aliphatic carbocycles. The Labute approximate surface area is 243 Å². The monoisotopic (exact) mass is 590 g/mol. The molecule has 1 fully saturated rings. The molecule has 0 spiro atoms. The zero-order valence-electron chi connectivity index (χ0n) is 21.9. The lowest BCUT2D eigenvalue weighted by molar-refractivity contribution is -0.0705. The number of imidazole rings is 1. The van der Waals surface area contributed by atoms with E-state index in [2.05, 4.69) is 4.57 Å². The number of thiophene rings is 1. The van der Waals surface area contributed by atoms with E-state index in [4.69, 9.17) is 30.8 Å². The third-order valence-electron chi connectivity index (χ3n) is 7.54. The second kappa shape index (κ2) is 9.87. The summed E-state index contributed by atoms with van der Waals surface area (Å²) in [7, 11) is 0. The molecule has 0 bridgehead atoms. The van der Waals surface area contributed by atoms with Crippen molar-refractivity contribution >= 4 is 39.3 Å². The van der Waals surface area contributed by atoms with Gasteiger partial charge in [0.2, 0.25) is 0 Å². The van der Waals surface area contributed by atoms with Crippen LogP contribution < -0.4 is 9.47 Å². The number of aromatic carboxylic acids is 1. The molecule has 208 valence electrons. The van der Waals surface area contributed by atoms with Crippen molar-refractivity contribution in [3.8, 4) is 22.6 Å². The zero-order chi connectivity index (χ0) is 28.3. The summed E-state index contributed by atoms with van der Waals surface area (Å²) in [6.45, 7) is 3.07. The van der Waals surface area contributed by atoms with Gasteiger partial charge in [-0.15, -0.1) is 11.3 Å². The van der Waals surface area contributed by atoms with Crippen LogP contribution in [-0.4, -0.2) is 33.3 Å². The van der Waals surface area contributed by atoms with Crippen molar-refractivity contribution in [3.63, 3.8) is 0 Å². The van der Waals surface area contributed by atoms with Gasteiger partial charge >= 0.3 is 5.97 Å². The number of ether oxygens (including phenoxy) is 3. The predicted molar refractivity (Wildman–Crippen MR) is 154 cm³/mol. The second-order valence-electron chi connectivity index (χ2n) is 10.3. The number of rotatable bonds is 7. The lowest BCUT2D eigenvalue weighted by atomic mass is 10.0. The molecule has 1 N–H and O–H groups in total. The van der Waals surface area contributed by atoms with E-state index in [0.29, 0.717) is 34.3 Å². The van der Waals surface area contributed by atoms with E-state index in [1.165, 1.54) is 17.4 Å². The molecular weight excluding hydrogens is 567 g/mol. The SMILES string of the molecule is C[C@@]1(c2ccc(Cl)cc2F)Oc2cccc(-c3ccc(Cc4nc5sc(C(=O)O)cc5n4C[C@@H]4CCO4)cc3)c2O1. The Balaban J connectivity index is 1.16. The highest BCUT2D eigenvalue weighted by Crippen LogP contribution is 2.49. The van der Waals surface area contributed by atoms with Gasteiger partial charge in [0.05, 0.1) is 23.7 Å². The Morgan fingerprint density at radius 1 is 1.17 bits per heavy atom. The fourth-order valence-corrected chi connectivity index (χ4v) is 6.39. The molecule has 0 amide bonds. The van der Waals surface area contributed by atoms with Crippen molar-refractivity contribution < 1.29 is 28.5 Å². The fraction of sp³-hybridized carbons (Fsp3) is 0.226. The molecule has 2 aliphatic rings. The first kappa shape index (κ1) is 26.0. The van der Waals surface area contributed by atoms with Crippen LogP contribution >= 0.6 is 22.9 Å². The Morgan fingerprint density at radius 3 is 2.68 bits per heavy atom. The molecular formula is C31H24ClFN2O5S. The molecule has 7 rings (SSSR count). The number of carbonyl (C=O) groups is 1. The molecule has 0 saturated carbocycles. The van der Waals surface area contributed by atoms with Crippen LogP contribution in [-0.2, 0) is 23.5 Å². The summed E-state index contributed by atoms with van der Waals surface area (Å²) in [4.78, 5) is 17.3. The summed E-state index contributed by atoms with van der Waals surface area (Å²) < 4.78 is 34.9. The van der Waals surface area contributed by atoms with Crippen LogP contribution in [0.4, 0.5) is 4.39 Å². The number of fused-ring (bicyclic) bond motifs is 2. The van der Waals surface area contributed by atoms with E-state index in [-0.39, 0.29) is 16.5 Å². The van der Waals surface area contributed by atoms with Crippen molar-refractivity contribution in [2.24, 2.45) is 0 Å². The summed E-state index contributed by atoms with van der Waals surface area (Å²) in [6.07, 6.45) is 1.66. The van der Waals surface area contributed by atoms with Gasteiger partial charge in [-0.05, 0) is 47.9 Å². The van der Waals surface area contributed by atoms with Crippen molar-refractivity contribution in [1.82, 2.24) is 9.55 Å². The average molecular weight is 591 g/mol. The number of carboxylic acid groups (broad SMARTS) is 1. The van der Waals surface area contributed by atoms with Gasteiger partial charge in [0.15, 0.2) is 11.5 Å². The third-order valence-corrected chi connectivity index (χ3v) is 8.79. The minimum Gasteiger partial charge on any atom is -0.477 e. The molecule has 2 atom stereocenters. The first-order valence-corrected chi connectivity index (χ1v) is 14.4. The second-order valence-corrected chi connectivity index (χ2v) is 11.8. The molecule has 5 aromatic rings. The maximum Gasteiger partial charge on any atom is 0.346 e. The lowest BCUT2D eigenvalue weighted by Gasteiger charge is -2.27. The lowest BCUT2D eigenvalue weighted by Crippen LogP contribution is -2.32. The number of para-hydroxylation sites is 1. The van der Waals surface area contributed by atoms with Gasteiger partial charge in [-0.1, -0.05) is 48.0 Å². The molecule has 2 aromatic heterocycles. The van der Waals surface area contributed by atoms with Crippen molar-refractivity contribution in [2.45, 2.75) is 38.2 Å². The Bertz CT molecular complexity index is 1810. The molecule has 3 aromatic carbocycles. The molecule has 1 saturated heterocycles. The number of halogens is 2. The predicted octanol–water partition coefficient (Wildman–Crippen LogP) is 7.28. The van der Waals surface area contributed by atoms with E-state index in [1.807, 2.05) is 36.4 Å². The minimum absolute atomic E-state index is 0.108. The van der Waals surface area contributed by atoms with Gasteiger partial charge in [0, 0.05) is 30.5 Å². The highest BCUT2D eigenvalue weighted by Gasteiger charge is 2.42. The van der Waals surface area contributed by atoms with Crippen LogP contribution in [0.2, 0.25) is 5.02 Å². The van der Waals surface area contributed by atoms with E-state index in [0.717, 1.165) is 41.1 Å². The van der Waals surface area contributed by atoms with Gasteiger partial charge in [-0.25, -0.2) is 14.2 Å². The number of hydrogen-bond acceptors (Lipinski definition) is 6. The quantitative estimate of drug-likeness (QED) is 0.214. The van der Waals surface area contributed by atoms with E-state index in [9.17, 15) is 14.3 Å². The summed E-state index contributed by atoms with van der Waals surface area (Å²) in [5.74, 6) is -0.838. The highest BCUT2D eigenvalue weighted by atomic mass is 35.5. The topological polar surface area (TPSA) is 82.8 Å². The van der Waals surface area contributed by atoms with Crippen molar-refractivity contribution in [1.29, 1.82) is 0 Å². The standard InChI is InChI=1S/C31H24ClFN2O5S/c1-31(22-10-9-19(32)14-23(22)33)39-25-4-2-3-21(28(25)40-31)18-7-5-17(6-8-18)13-27-34-29-24(15-26(41-29)30(36)37)35(27)16-20-11-12-38-20/h2-10,14-15,20H,11-13,16H2,1H3,(H,36,37)/t20-,31+/m0/s1. The van der Waals surface area contributed by atoms with Crippen LogP contribution in [0.5, 0.6) is 11.5 Å². The van der Waals surface area contributed by atoms with Gasteiger partial charge < -0.3 is 23.9 Å². The Kier molecular flexibility index (Phi) is 6.26. The molecule has 2 aliphatic heterocycles. The first-order valence-electron chi connectivity index (χ1n) is 13.2. The number of nitrogens with zero attached hydrogens (tertiary/aromatic N) is 2. The van der Waals surface area contributed by atoms with Crippen molar-refractivity contribution in [3.05, 3.63) is 99.4 Å². The molecule has 0 radical (unpaired) electrons. The van der Waals surface area contributed by atoms with Gasteiger partial charge in [0.25, 0.3) is 5.79 Å². The molecule has 41 heavy (non-hydrogen) atoms. The normalized spacial score (nSPS) is 19.4. The average Bonchev–Trinajstić information content (AvgIpc) is 3.57. The first-order chi connectivity index (χ1) is 19.8. The fourth-order valence-electron chi connectivity index (χ4n) is 5.34. The summed E-state index contributed by atoms with van der Waals surface area (Å²) in [6, 6.07) is 19.9. The summed E-state index contributed by atoms with van der Waals surface area (Å²) in [5.41, 5.74) is 3.90. The van der Waals surface area contributed by atoms with E-state index < -0.39 is 17.6 Å². The highest BCUT2D eigenvalue weighted by molar-refractivity contribution is 7.20. The molecule has 10 heteroatoms. The Morgan fingerprint density at radius 2 is 1.98 bits per heavy atom. The van der Waals surface area contributed by atoms with Crippen LogP contribution in [0, 0.1) is 5.82 Å². The number of hydrogen-bond donors (Lipinski definition) is 1. The molecule has 7 nitrogen and oxygen atoms in total. The van der Waals surface area contributed by atoms with Gasteiger partial charge in [-0.2, -0.15) is 0 Å². The largest absolute Gasteiger partial charge is 0.477 e. The Hall–Kier alpha value is -3.92. The number of carboxylic acids is 1. The van der Waals surface area contributed by atoms with Crippen molar-refractivity contribution in [2.75, 3.05) is 6.61 Å². The summed E-state index contributed by atoms with van der Waals surface area (Å²) in [5, 5.41) is 9.74. The molecule has 0 unspecified atom stereocenters.